The van der Waals surface area contributed by atoms with E-state index in [-0.39, 0.29) is 27.4 Å². The van der Waals surface area contributed by atoms with Gasteiger partial charge in [-0.3, -0.25) is 0 Å². The number of hydrogen-bond acceptors (Lipinski definition) is 7. The van der Waals surface area contributed by atoms with Crippen molar-refractivity contribution >= 4 is 35.3 Å². The average Bonchev–Trinajstić information content (AvgIpc) is 2.58. The molecule has 0 bridgehead atoms. The van der Waals surface area contributed by atoms with Crippen LogP contribution in [-0.2, 0) is 0 Å². The predicted octanol–water partition coefficient (Wildman–Crippen LogP) is 2.07. The molecule has 1 saturated heterocycles. The maximum absolute atomic E-state index is 9.44. The van der Waals surface area contributed by atoms with Gasteiger partial charge in [-0.1, -0.05) is 6.92 Å². The Balaban J connectivity index is 2.48. The van der Waals surface area contributed by atoms with Gasteiger partial charge in [0, 0.05) is 4.75 Å². The third-order valence-corrected chi connectivity index (χ3v) is 4.84. The van der Waals surface area contributed by atoms with Gasteiger partial charge in [-0.05, 0) is 31.9 Å². The summed E-state index contributed by atoms with van der Waals surface area (Å²) in [5.74, 6) is 0.435. The summed E-state index contributed by atoms with van der Waals surface area (Å²) in [6.07, 6.45) is 0.871. The van der Waals surface area contributed by atoms with Crippen molar-refractivity contribution in [2.45, 2.75) is 43.4 Å². The Kier molecular flexibility index (Phi) is 3.74. The molecule has 19 heavy (non-hydrogen) atoms. The molecule has 2 N–H and O–H groups in total. The van der Waals surface area contributed by atoms with E-state index in [9.17, 15) is 5.26 Å². The highest BCUT2D eigenvalue weighted by Crippen LogP contribution is 2.46. The standard InChI is InChI=1S/C11H15ClN6S/c1-4-7-18(6(5-13)11(2,3)19-7)10-16-8(12)15-9(14)17-10/h6-7H,4H2,1-3H3,(H2,14,15,16,17). The largest absolute Gasteiger partial charge is 0.368 e. The van der Waals surface area contributed by atoms with Crippen LogP contribution < -0.4 is 10.6 Å². The van der Waals surface area contributed by atoms with Crippen LogP contribution in [0, 0.1) is 11.3 Å². The fraction of sp³-hybridized carbons (Fsp3) is 0.636. The SMILES string of the molecule is CCC1SC(C)(C)C(C#N)N1c1nc(N)nc(Cl)n1. The van der Waals surface area contributed by atoms with Gasteiger partial charge in [-0.2, -0.15) is 20.2 Å². The summed E-state index contributed by atoms with van der Waals surface area (Å²) in [5.41, 5.74) is 5.61. The van der Waals surface area contributed by atoms with Crippen LogP contribution in [0.1, 0.15) is 27.2 Å². The van der Waals surface area contributed by atoms with Gasteiger partial charge in [0.25, 0.3) is 0 Å². The molecule has 8 heteroatoms. The fourth-order valence-corrected chi connectivity index (χ4v) is 3.84. The number of hydrogen-bond donors (Lipinski definition) is 1. The molecule has 2 unspecified atom stereocenters. The van der Waals surface area contributed by atoms with Crippen LogP contribution in [0.3, 0.4) is 0 Å². The minimum atomic E-state index is -0.333. The maximum Gasteiger partial charge on any atom is 0.233 e. The molecule has 2 heterocycles. The molecule has 0 aliphatic carbocycles. The van der Waals surface area contributed by atoms with Crippen molar-refractivity contribution in [2.24, 2.45) is 0 Å². The number of nitrogens with zero attached hydrogens (tertiary/aromatic N) is 5. The molecule has 6 nitrogen and oxygen atoms in total. The fourth-order valence-electron chi connectivity index (χ4n) is 2.18. The van der Waals surface area contributed by atoms with E-state index in [0.29, 0.717) is 5.95 Å². The van der Waals surface area contributed by atoms with Crippen molar-refractivity contribution in [1.82, 2.24) is 15.0 Å². The van der Waals surface area contributed by atoms with E-state index in [2.05, 4.69) is 27.9 Å². The highest BCUT2D eigenvalue weighted by atomic mass is 35.5. The van der Waals surface area contributed by atoms with Crippen molar-refractivity contribution < 1.29 is 0 Å². The lowest BCUT2D eigenvalue weighted by molar-refractivity contribution is 0.587. The Morgan fingerprint density at radius 3 is 2.68 bits per heavy atom. The zero-order valence-electron chi connectivity index (χ0n) is 11.0. The summed E-state index contributed by atoms with van der Waals surface area (Å²) in [5, 5.41) is 9.61. The van der Waals surface area contributed by atoms with Gasteiger partial charge >= 0.3 is 0 Å². The van der Waals surface area contributed by atoms with Crippen LogP contribution in [0.4, 0.5) is 11.9 Å². The van der Waals surface area contributed by atoms with Gasteiger partial charge in [-0.15, -0.1) is 11.8 Å². The second-order valence-corrected chi connectivity index (χ2v) is 6.96. The van der Waals surface area contributed by atoms with Crippen molar-refractivity contribution in [3.05, 3.63) is 5.28 Å². The van der Waals surface area contributed by atoms with Gasteiger partial charge in [0.2, 0.25) is 17.2 Å². The summed E-state index contributed by atoms with van der Waals surface area (Å²) in [6.45, 7) is 6.15. The van der Waals surface area contributed by atoms with Crippen LogP contribution in [0.15, 0.2) is 0 Å². The van der Waals surface area contributed by atoms with E-state index in [1.165, 1.54) is 0 Å². The molecule has 102 valence electrons. The lowest BCUT2D eigenvalue weighted by Crippen LogP contribution is -2.42. The number of thioether (sulfide) groups is 1. The normalized spacial score (nSPS) is 25.3. The Morgan fingerprint density at radius 2 is 2.16 bits per heavy atom. The Morgan fingerprint density at radius 1 is 1.47 bits per heavy atom. The van der Waals surface area contributed by atoms with E-state index < -0.39 is 0 Å². The number of halogens is 1. The number of rotatable bonds is 2. The molecule has 0 saturated carbocycles. The zero-order valence-corrected chi connectivity index (χ0v) is 12.5. The molecule has 0 aromatic carbocycles. The lowest BCUT2D eigenvalue weighted by atomic mass is 10.0. The van der Waals surface area contributed by atoms with Crippen molar-refractivity contribution in [1.29, 1.82) is 5.26 Å². The monoisotopic (exact) mass is 298 g/mol. The van der Waals surface area contributed by atoms with Crippen molar-refractivity contribution in [3.63, 3.8) is 0 Å². The first-order chi connectivity index (χ1) is 8.89. The van der Waals surface area contributed by atoms with E-state index in [0.717, 1.165) is 6.42 Å². The molecule has 0 radical (unpaired) electrons. The number of nitrogens with two attached hydrogens (primary N) is 1. The first-order valence-corrected chi connectivity index (χ1v) is 7.17. The number of nitriles is 1. The Hall–Kier alpha value is -1.26. The molecule has 1 aliphatic heterocycles. The molecule has 0 spiro atoms. The molecule has 1 aliphatic rings. The molecular weight excluding hydrogens is 284 g/mol. The smallest absolute Gasteiger partial charge is 0.233 e. The van der Waals surface area contributed by atoms with Crippen molar-refractivity contribution in [2.75, 3.05) is 10.6 Å². The Bertz CT molecular complexity index is 508. The molecule has 1 aromatic heterocycles. The summed E-state index contributed by atoms with van der Waals surface area (Å²) in [4.78, 5) is 13.8. The molecule has 2 rings (SSSR count). The summed E-state index contributed by atoms with van der Waals surface area (Å²) >= 11 is 7.56. The third kappa shape index (κ3) is 2.55. The van der Waals surface area contributed by atoms with Gasteiger partial charge in [-0.25, -0.2) is 0 Å². The van der Waals surface area contributed by atoms with E-state index >= 15 is 0 Å². The number of nitrogen functional groups attached to an aromatic ring is 1. The van der Waals surface area contributed by atoms with Gasteiger partial charge < -0.3 is 10.6 Å². The average molecular weight is 299 g/mol. The lowest BCUT2D eigenvalue weighted by Gasteiger charge is -2.27. The van der Waals surface area contributed by atoms with Gasteiger partial charge in [0.15, 0.2) is 0 Å². The van der Waals surface area contributed by atoms with E-state index in [1.807, 2.05) is 18.7 Å². The van der Waals surface area contributed by atoms with Gasteiger partial charge in [0.05, 0.1) is 11.4 Å². The highest BCUT2D eigenvalue weighted by Gasteiger charge is 2.48. The van der Waals surface area contributed by atoms with Crippen LogP contribution in [0.5, 0.6) is 0 Å². The first-order valence-electron chi connectivity index (χ1n) is 5.92. The predicted molar refractivity (Wildman–Crippen MR) is 76.9 cm³/mol. The summed E-state index contributed by atoms with van der Waals surface area (Å²) in [7, 11) is 0. The van der Waals surface area contributed by atoms with Crippen LogP contribution in [0.2, 0.25) is 5.28 Å². The van der Waals surface area contributed by atoms with Crippen LogP contribution in [-0.4, -0.2) is 31.1 Å². The Labute approximate surface area is 121 Å². The van der Waals surface area contributed by atoms with E-state index in [4.69, 9.17) is 17.3 Å². The molecule has 1 fully saturated rings. The quantitative estimate of drug-likeness (QED) is 0.893. The number of aromatic nitrogens is 3. The zero-order chi connectivity index (χ0) is 14.2. The summed E-state index contributed by atoms with van der Waals surface area (Å²) in [6, 6.07) is 1.99. The third-order valence-electron chi connectivity index (χ3n) is 3.00. The van der Waals surface area contributed by atoms with Crippen LogP contribution in [0.25, 0.3) is 0 Å². The topological polar surface area (TPSA) is 91.7 Å². The van der Waals surface area contributed by atoms with Gasteiger partial charge in [0.1, 0.15) is 6.04 Å². The number of anilines is 2. The second kappa shape index (κ2) is 5.02. The van der Waals surface area contributed by atoms with Crippen molar-refractivity contribution in [3.8, 4) is 6.07 Å². The molecule has 2 atom stereocenters. The van der Waals surface area contributed by atoms with Crippen LogP contribution >= 0.6 is 23.4 Å². The maximum atomic E-state index is 9.44. The molecule has 1 aromatic rings. The highest BCUT2D eigenvalue weighted by molar-refractivity contribution is 8.01. The second-order valence-electron chi connectivity index (χ2n) is 4.79. The first kappa shape index (κ1) is 14.2. The minimum absolute atomic E-state index is 0.0451. The molecular formula is C11H15ClN6S. The van der Waals surface area contributed by atoms with E-state index in [1.54, 1.807) is 11.8 Å². The molecule has 0 amide bonds. The minimum Gasteiger partial charge on any atom is -0.368 e. The summed E-state index contributed by atoms with van der Waals surface area (Å²) < 4.78 is -0.205.